The number of carbonyl (C=O) groups is 3. The zero-order chi connectivity index (χ0) is 52.2. The average Bonchev–Trinajstić information content (AvgIpc) is 3.38. The van der Waals surface area contributed by atoms with Gasteiger partial charge in [-0.25, -0.2) is 0 Å². The maximum atomic E-state index is 12.8. The van der Waals surface area contributed by atoms with E-state index in [0.717, 1.165) is 161 Å². The van der Waals surface area contributed by atoms with Crippen LogP contribution in [0.5, 0.6) is 0 Å². The van der Waals surface area contributed by atoms with Crippen LogP contribution in [-0.4, -0.2) is 37.2 Å². The number of allylic oxidation sites excluding steroid dienone is 20. The van der Waals surface area contributed by atoms with Crippen LogP contribution in [-0.2, 0) is 28.6 Å². The molecule has 0 bridgehead atoms. The Morgan fingerprint density at radius 1 is 0.292 bits per heavy atom. The largest absolute Gasteiger partial charge is 0.462 e. The summed E-state index contributed by atoms with van der Waals surface area (Å²) in [4.78, 5) is 38.1. The highest BCUT2D eigenvalue weighted by molar-refractivity contribution is 5.71. The van der Waals surface area contributed by atoms with Gasteiger partial charge in [0.1, 0.15) is 13.2 Å². The molecular weight excluding hydrogens is 889 g/mol. The van der Waals surface area contributed by atoms with E-state index in [4.69, 9.17) is 14.2 Å². The first-order valence-corrected chi connectivity index (χ1v) is 29.5. The molecule has 6 heteroatoms. The second kappa shape index (κ2) is 59.4. The van der Waals surface area contributed by atoms with E-state index in [9.17, 15) is 14.4 Å². The summed E-state index contributed by atoms with van der Waals surface area (Å²) in [5.74, 6) is -0.940. The summed E-state index contributed by atoms with van der Waals surface area (Å²) in [6, 6.07) is 0. The number of unbranched alkanes of at least 4 members (excludes halogenated alkanes) is 21. The van der Waals surface area contributed by atoms with E-state index >= 15 is 0 Å². The van der Waals surface area contributed by atoms with E-state index in [1.54, 1.807) is 0 Å². The van der Waals surface area contributed by atoms with E-state index in [2.05, 4.69) is 142 Å². The number of rotatable bonds is 52. The van der Waals surface area contributed by atoms with Gasteiger partial charge < -0.3 is 14.2 Å². The van der Waals surface area contributed by atoms with Gasteiger partial charge >= 0.3 is 17.9 Å². The molecule has 0 radical (unpaired) electrons. The zero-order valence-electron chi connectivity index (χ0n) is 46.7. The molecule has 72 heavy (non-hydrogen) atoms. The summed E-state index contributed by atoms with van der Waals surface area (Å²) in [6.45, 7) is 6.43. The van der Waals surface area contributed by atoms with Crippen LogP contribution in [0.15, 0.2) is 122 Å². The van der Waals surface area contributed by atoms with Crippen LogP contribution >= 0.6 is 0 Å². The van der Waals surface area contributed by atoms with Gasteiger partial charge in [0.2, 0.25) is 0 Å². The predicted octanol–water partition coefficient (Wildman–Crippen LogP) is 20.0. The molecule has 0 saturated carbocycles. The second-order valence-electron chi connectivity index (χ2n) is 19.2. The lowest BCUT2D eigenvalue weighted by molar-refractivity contribution is -0.167. The first kappa shape index (κ1) is 67.8. The topological polar surface area (TPSA) is 78.9 Å². The number of ether oxygens (including phenoxy) is 3. The molecule has 0 fully saturated rings. The molecule has 0 aromatic heterocycles. The van der Waals surface area contributed by atoms with Crippen molar-refractivity contribution in [3.05, 3.63) is 122 Å². The Kier molecular flexibility index (Phi) is 55.9. The average molecular weight is 998 g/mol. The van der Waals surface area contributed by atoms with Gasteiger partial charge in [-0.2, -0.15) is 0 Å². The van der Waals surface area contributed by atoms with E-state index < -0.39 is 6.10 Å². The van der Waals surface area contributed by atoms with Crippen LogP contribution in [0.2, 0.25) is 0 Å². The first-order valence-electron chi connectivity index (χ1n) is 29.5. The monoisotopic (exact) mass is 997 g/mol. The Morgan fingerprint density at radius 2 is 0.556 bits per heavy atom. The number of hydrogen-bond acceptors (Lipinski definition) is 6. The highest BCUT2D eigenvalue weighted by Gasteiger charge is 2.19. The van der Waals surface area contributed by atoms with Crippen molar-refractivity contribution in [1.82, 2.24) is 0 Å². The highest BCUT2D eigenvalue weighted by atomic mass is 16.6. The molecule has 0 heterocycles. The minimum absolute atomic E-state index is 0.0967. The van der Waals surface area contributed by atoms with Gasteiger partial charge in [0, 0.05) is 19.3 Å². The van der Waals surface area contributed by atoms with Crippen LogP contribution in [0.25, 0.3) is 0 Å². The Labute approximate surface area is 443 Å². The van der Waals surface area contributed by atoms with Crippen molar-refractivity contribution in [2.75, 3.05) is 13.2 Å². The molecule has 0 aromatic rings. The van der Waals surface area contributed by atoms with Crippen molar-refractivity contribution in [3.63, 3.8) is 0 Å². The molecule has 0 amide bonds. The molecular formula is C66H108O6. The van der Waals surface area contributed by atoms with Gasteiger partial charge in [-0.05, 0) is 128 Å². The lowest BCUT2D eigenvalue weighted by atomic mass is 10.1. The highest BCUT2D eigenvalue weighted by Crippen LogP contribution is 2.14. The molecule has 0 saturated heterocycles. The summed E-state index contributed by atoms with van der Waals surface area (Å²) in [5.41, 5.74) is 0. The van der Waals surface area contributed by atoms with Gasteiger partial charge in [-0.3, -0.25) is 14.4 Å². The standard InChI is InChI=1S/C66H108O6/c1-4-7-10-13-16-19-22-25-27-28-29-30-31-32-33-34-35-36-37-38-39-42-44-47-50-53-56-59-65(68)71-62-63(61-70-64(67)58-55-52-49-46-43-40-24-21-18-15-12-9-6-3)72-66(69)60-57-54-51-48-45-41-26-23-20-17-14-11-8-5-2/h7,10,14,16-17,19,21,23-27,29-30,32-33,35-36,38-39,63H,4-6,8-9,11-13,15,18,20,22,28,31,34,37,40-62H2,1-3H3/b10-7-,17-14-,19-16-,24-21-,26-23-,27-25-,30-29-,33-32-,36-35-,39-38-. The van der Waals surface area contributed by atoms with Crippen LogP contribution in [0.3, 0.4) is 0 Å². The zero-order valence-corrected chi connectivity index (χ0v) is 46.7. The van der Waals surface area contributed by atoms with Crippen LogP contribution in [0, 0.1) is 0 Å². The first-order chi connectivity index (χ1) is 35.5. The number of hydrogen-bond donors (Lipinski definition) is 0. The summed E-state index contributed by atoms with van der Waals surface area (Å²) < 4.78 is 16.8. The summed E-state index contributed by atoms with van der Waals surface area (Å²) in [6.07, 6.45) is 81.9. The fourth-order valence-corrected chi connectivity index (χ4v) is 7.73. The summed E-state index contributed by atoms with van der Waals surface area (Å²) in [5, 5.41) is 0. The van der Waals surface area contributed by atoms with Crippen LogP contribution in [0.4, 0.5) is 0 Å². The van der Waals surface area contributed by atoms with Crippen molar-refractivity contribution >= 4 is 17.9 Å². The molecule has 0 aliphatic heterocycles. The molecule has 0 spiro atoms. The van der Waals surface area contributed by atoms with E-state index in [-0.39, 0.29) is 31.1 Å². The van der Waals surface area contributed by atoms with Crippen molar-refractivity contribution in [3.8, 4) is 0 Å². The normalized spacial score (nSPS) is 13.0. The fraction of sp³-hybridized carbons (Fsp3) is 0.652. The maximum absolute atomic E-state index is 12.8. The van der Waals surface area contributed by atoms with E-state index in [0.29, 0.717) is 19.3 Å². The van der Waals surface area contributed by atoms with Crippen LogP contribution in [0.1, 0.15) is 258 Å². The van der Waals surface area contributed by atoms with E-state index in [1.807, 2.05) is 0 Å². The van der Waals surface area contributed by atoms with Crippen LogP contribution < -0.4 is 0 Å². The molecule has 408 valence electrons. The second-order valence-corrected chi connectivity index (χ2v) is 19.2. The van der Waals surface area contributed by atoms with Crippen molar-refractivity contribution in [2.24, 2.45) is 0 Å². The van der Waals surface area contributed by atoms with Gasteiger partial charge in [0.25, 0.3) is 0 Å². The Morgan fingerprint density at radius 3 is 0.903 bits per heavy atom. The quantitative estimate of drug-likeness (QED) is 0.0261. The third kappa shape index (κ3) is 56.7. The molecule has 1 atom stereocenters. The molecule has 6 nitrogen and oxygen atoms in total. The molecule has 0 aliphatic rings. The molecule has 0 N–H and O–H groups in total. The SMILES string of the molecule is CC/C=C\C/C=C\C/C=C\C/C=C\C/C=C\C/C=C\C/C=C\CCCCCCCC(=O)OCC(COC(=O)CCCCCCC/C=C\CCCCCC)OC(=O)CCCCCCC/C=C\C/C=C\CCCC. The molecule has 1 unspecified atom stereocenters. The third-order valence-corrected chi connectivity index (χ3v) is 12.2. The van der Waals surface area contributed by atoms with Gasteiger partial charge in [-0.1, -0.05) is 232 Å². The Balaban J connectivity index is 4.38. The van der Waals surface area contributed by atoms with Crippen molar-refractivity contribution in [1.29, 1.82) is 0 Å². The van der Waals surface area contributed by atoms with Gasteiger partial charge in [-0.15, -0.1) is 0 Å². The number of esters is 3. The van der Waals surface area contributed by atoms with Crippen molar-refractivity contribution in [2.45, 2.75) is 264 Å². The fourth-order valence-electron chi connectivity index (χ4n) is 7.73. The predicted molar refractivity (Wildman–Crippen MR) is 311 cm³/mol. The minimum atomic E-state index is -0.800. The smallest absolute Gasteiger partial charge is 0.306 e. The van der Waals surface area contributed by atoms with Gasteiger partial charge in [0.05, 0.1) is 0 Å². The van der Waals surface area contributed by atoms with E-state index in [1.165, 1.54) is 57.8 Å². The third-order valence-electron chi connectivity index (χ3n) is 12.2. The summed E-state index contributed by atoms with van der Waals surface area (Å²) in [7, 11) is 0. The lowest BCUT2D eigenvalue weighted by Gasteiger charge is -2.18. The minimum Gasteiger partial charge on any atom is -0.462 e. The Hall–Kier alpha value is -4.19. The summed E-state index contributed by atoms with van der Waals surface area (Å²) >= 11 is 0. The molecule has 0 aliphatic carbocycles. The van der Waals surface area contributed by atoms with Crippen molar-refractivity contribution < 1.29 is 28.6 Å². The Bertz CT molecular complexity index is 1520. The number of carbonyl (C=O) groups excluding carboxylic acids is 3. The molecule has 0 rings (SSSR count). The van der Waals surface area contributed by atoms with Gasteiger partial charge in [0.15, 0.2) is 6.10 Å². The lowest BCUT2D eigenvalue weighted by Crippen LogP contribution is -2.30. The molecule has 0 aromatic carbocycles. The maximum Gasteiger partial charge on any atom is 0.306 e.